The summed E-state index contributed by atoms with van der Waals surface area (Å²) in [6, 6.07) is 14.9. The standard InChI is InChI=1S/C17H21NO3S/c1-3-15-13-16(9-10-17(15)21-2)18-22(19,20)12-11-14-7-5-4-6-8-14/h4-10,13,18H,3,11-12H2,1-2H3. The zero-order valence-corrected chi connectivity index (χ0v) is 13.7. The molecule has 0 aliphatic rings. The molecule has 5 heteroatoms. The second kappa shape index (κ2) is 7.31. The smallest absolute Gasteiger partial charge is 0.233 e. The van der Waals surface area contributed by atoms with Crippen LogP contribution in [0, 0.1) is 0 Å². The van der Waals surface area contributed by atoms with Crippen LogP contribution in [0.4, 0.5) is 5.69 Å². The van der Waals surface area contributed by atoms with Gasteiger partial charge >= 0.3 is 0 Å². The van der Waals surface area contributed by atoms with Crippen molar-refractivity contribution in [1.29, 1.82) is 0 Å². The molecule has 4 nitrogen and oxygen atoms in total. The third-order valence-corrected chi connectivity index (χ3v) is 4.73. The average Bonchev–Trinajstić information content (AvgIpc) is 2.53. The van der Waals surface area contributed by atoms with E-state index in [2.05, 4.69) is 4.72 Å². The first-order valence-electron chi connectivity index (χ1n) is 7.25. The van der Waals surface area contributed by atoms with Gasteiger partial charge in [0.25, 0.3) is 0 Å². The van der Waals surface area contributed by atoms with Crippen LogP contribution in [-0.4, -0.2) is 21.3 Å². The third-order valence-electron chi connectivity index (χ3n) is 3.44. The summed E-state index contributed by atoms with van der Waals surface area (Å²) in [4.78, 5) is 0. The Labute approximate surface area is 132 Å². The Kier molecular flexibility index (Phi) is 5.44. The van der Waals surface area contributed by atoms with Crippen LogP contribution in [-0.2, 0) is 22.9 Å². The van der Waals surface area contributed by atoms with Crippen LogP contribution in [0.5, 0.6) is 5.75 Å². The Hall–Kier alpha value is -2.01. The van der Waals surface area contributed by atoms with Crippen molar-refractivity contribution in [3.05, 3.63) is 59.7 Å². The van der Waals surface area contributed by atoms with Crippen molar-refractivity contribution in [3.63, 3.8) is 0 Å². The van der Waals surface area contributed by atoms with Crippen LogP contribution in [0.3, 0.4) is 0 Å². The fraction of sp³-hybridized carbons (Fsp3) is 0.294. The van der Waals surface area contributed by atoms with Gasteiger partial charge in [0.15, 0.2) is 0 Å². The van der Waals surface area contributed by atoms with Gasteiger partial charge in [0.1, 0.15) is 5.75 Å². The van der Waals surface area contributed by atoms with E-state index in [1.807, 2.05) is 43.3 Å². The van der Waals surface area contributed by atoms with Crippen molar-refractivity contribution >= 4 is 15.7 Å². The summed E-state index contributed by atoms with van der Waals surface area (Å²) in [6.07, 6.45) is 1.27. The molecule has 0 fully saturated rings. The Morgan fingerprint density at radius 3 is 2.45 bits per heavy atom. The number of sulfonamides is 1. The molecular weight excluding hydrogens is 298 g/mol. The van der Waals surface area contributed by atoms with Gasteiger partial charge in [0, 0.05) is 5.69 Å². The van der Waals surface area contributed by atoms with Crippen molar-refractivity contribution in [2.24, 2.45) is 0 Å². The van der Waals surface area contributed by atoms with Gasteiger partial charge in [-0.25, -0.2) is 8.42 Å². The molecule has 2 rings (SSSR count). The minimum absolute atomic E-state index is 0.0600. The summed E-state index contributed by atoms with van der Waals surface area (Å²) >= 11 is 0. The highest BCUT2D eigenvalue weighted by Gasteiger charge is 2.12. The Morgan fingerprint density at radius 2 is 1.82 bits per heavy atom. The lowest BCUT2D eigenvalue weighted by atomic mass is 10.1. The molecule has 0 aliphatic heterocycles. The number of rotatable bonds is 7. The van der Waals surface area contributed by atoms with E-state index in [-0.39, 0.29) is 5.75 Å². The van der Waals surface area contributed by atoms with Crippen molar-refractivity contribution in [2.45, 2.75) is 19.8 Å². The molecule has 0 radical (unpaired) electrons. The molecule has 0 saturated carbocycles. The second-order valence-electron chi connectivity index (χ2n) is 5.04. The lowest BCUT2D eigenvalue weighted by Gasteiger charge is -2.12. The lowest BCUT2D eigenvalue weighted by molar-refractivity contribution is 0.410. The van der Waals surface area contributed by atoms with Gasteiger partial charge in [0.05, 0.1) is 12.9 Å². The van der Waals surface area contributed by atoms with Crippen LogP contribution in [0.1, 0.15) is 18.1 Å². The minimum Gasteiger partial charge on any atom is -0.496 e. The number of aryl methyl sites for hydroxylation is 2. The summed E-state index contributed by atoms with van der Waals surface area (Å²) in [5.41, 5.74) is 2.56. The predicted octanol–water partition coefficient (Wildman–Crippen LogP) is 3.24. The fourth-order valence-corrected chi connectivity index (χ4v) is 3.34. The van der Waals surface area contributed by atoms with Crippen LogP contribution in [0.2, 0.25) is 0 Å². The largest absolute Gasteiger partial charge is 0.496 e. The van der Waals surface area contributed by atoms with E-state index in [1.165, 1.54) is 0 Å². The molecule has 0 atom stereocenters. The Morgan fingerprint density at radius 1 is 1.09 bits per heavy atom. The third kappa shape index (κ3) is 4.49. The monoisotopic (exact) mass is 319 g/mol. The van der Waals surface area contributed by atoms with E-state index < -0.39 is 10.0 Å². The molecule has 0 aliphatic carbocycles. The molecule has 0 unspecified atom stereocenters. The molecule has 0 heterocycles. The van der Waals surface area contributed by atoms with E-state index in [9.17, 15) is 8.42 Å². The second-order valence-corrected chi connectivity index (χ2v) is 6.88. The zero-order valence-electron chi connectivity index (χ0n) is 12.9. The van der Waals surface area contributed by atoms with Crippen molar-refractivity contribution in [3.8, 4) is 5.75 Å². The number of hydrogen-bond donors (Lipinski definition) is 1. The molecular formula is C17H21NO3S. The van der Waals surface area contributed by atoms with Gasteiger partial charge in [-0.15, -0.1) is 0 Å². The maximum Gasteiger partial charge on any atom is 0.233 e. The topological polar surface area (TPSA) is 55.4 Å². The number of nitrogens with one attached hydrogen (secondary N) is 1. The quantitative estimate of drug-likeness (QED) is 0.852. The molecule has 0 aromatic heterocycles. The molecule has 0 saturated heterocycles. The van der Waals surface area contributed by atoms with E-state index in [4.69, 9.17) is 4.74 Å². The van der Waals surface area contributed by atoms with Crippen LogP contribution >= 0.6 is 0 Å². The summed E-state index contributed by atoms with van der Waals surface area (Å²) in [7, 11) is -1.76. The van der Waals surface area contributed by atoms with Gasteiger partial charge in [-0.1, -0.05) is 37.3 Å². The van der Waals surface area contributed by atoms with E-state index in [1.54, 1.807) is 19.2 Å². The SMILES string of the molecule is CCc1cc(NS(=O)(=O)CCc2ccccc2)ccc1OC. The molecule has 0 bridgehead atoms. The van der Waals surface area contributed by atoms with Crippen molar-refractivity contribution < 1.29 is 13.2 Å². The highest BCUT2D eigenvalue weighted by atomic mass is 32.2. The predicted molar refractivity (Wildman–Crippen MR) is 89.9 cm³/mol. The molecule has 0 amide bonds. The first-order chi connectivity index (χ1) is 10.5. The molecule has 22 heavy (non-hydrogen) atoms. The van der Waals surface area contributed by atoms with E-state index >= 15 is 0 Å². The highest BCUT2D eigenvalue weighted by molar-refractivity contribution is 7.92. The normalized spacial score (nSPS) is 11.2. The molecule has 1 N–H and O–H groups in total. The van der Waals surface area contributed by atoms with Crippen LogP contribution in [0.15, 0.2) is 48.5 Å². The van der Waals surface area contributed by atoms with Crippen LogP contribution < -0.4 is 9.46 Å². The first-order valence-corrected chi connectivity index (χ1v) is 8.90. The molecule has 2 aromatic rings. The number of hydrogen-bond acceptors (Lipinski definition) is 3. The Bertz CT molecular complexity index is 712. The van der Waals surface area contributed by atoms with E-state index in [0.29, 0.717) is 12.1 Å². The summed E-state index contributed by atoms with van der Waals surface area (Å²) < 4.78 is 32.3. The van der Waals surface area contributed by atoms with Crippen molar-refractivity contribution in [2.75, 3.05) is 17.6 Å². The van der Waals surface area contributed by atoms with Gasteiger partial charge < -0.3 is 4.74 Å². The lowest BCUT2D eigenvalue weighted by Crippen LogP contribution is -2.18. The highest BCUT2D eigenvalue weighted by Crippen LogP contribution is 2.23. The summed E-state index contributed by atoms with van der Waals surface area (Å²) in [5, 5.41) is 0. The van der Waals surface area contributed by atoms with Gasteiger partial charge in [-0.05, 0) is 42.2 Å². The van der Waals surface area contributed by atoms with E-state index in [0.717, 1.165) is 23.3 Å². The molecule has 0 spiro atoms. The molecule has 2 aromatic carbocycles. The number of ether oxygens (including phenoxy) is 1. The van der Waals surface area contributed by atoms with Crippen molar-refractivity contribution in [1.82, 2.24) is 0 Å². The molecule has 118 valence electrons. The average molecular weight is 319 g/mol. The van der Waals surface area contributed by atoms with Crippen LogP contribution in [0.25, 0.3) is 0 Å². The Balaban J connectivity index is 2.05. The fourth-order valence-electron chi connectivity index (χ4n) is 2.25. The number of benzene rings is 2. The number of methoxy groups -OCH3 is 1. The maximum atomic E-state index is 12.2. The minimum atomic E-state index is -3.37. The van der Waals surface area contributed by atoms with Gasteiger partial charge in [-0.2, -0.15) is 0 Å². The number of anilines is 1. The summed E-state index contributed by atoms with van der Waals surface area (Å²) in [5.74, 6) is 0.833. The van der Waals surface area contributed by atoms with Gasteiger partial charge in [-0.3, -0.25) is 4.72 Å². The zero-order chi connectivity index (χ0) is 16.0. The van der Waals surface area contributed by atoms with Gasteiger partial charge in [0.2, 0.25) is 10.0 Å². The summed E-state index contributed by atoms with van der Waals surface area (Å²) in [6.45, 7) is 2.01. The maximum absolute atomic E-state index is 12.2. The first kappa shape index (κ1) is 16.4.